The molecule has 0 aliphatic rings. The molecule has 0 saturated carbocycles. The monoisotopic (exact) mass is 293 g/mol. The third kappa shape index (κ3) is 2.60. The molecule has 20 heavy (non-hydrogen) atoms. The van der Waals surface area contributed by atoms with Gasteiger partial charge in [0.05, 0.1) is 24.1 Å². The summed E-state index contributed by atoms with van der Waals surface area (Å²) in [6.07, 6.45) is 0.698. The molecule has 0 bridgehead atoms. The average molecular weight is 293 g/mol. The van der Waals surface area contributed by atoms with Gasteiger partial charge in [-0.15, -0.1) is 11.3 Å². The van der Waals surface area contributed by atoms with E-state index < -0.39 is 5.97 Å². The van der Waals surface area contributed by atoms with Gasteiger partial charge in [0.1, 0.15) is 11.5 Å². The normalized spacial score (nSPS) is 10.3. The molecule has 2 aromatic rings. The molecule has 0 atom stereocenters. The Kier molecular flexibility index (Phi) is 4.24. The average Bonchev–Trinajstić information content (AvgIpc) is 2.90. The Labute approximate surface area is 120 Å². The van der Waals surface area contributed by atoms with Crippen LogP contribution in [0.25, 0.3) is 10.4 Å². The number of rotatable bonds is 5. The van der Waals surface area contributed by atoms with Crippen LogP contribution >= 0.6 is 11.3 Å². The first kappa shape index (κ1) is 14.3. The maximum Gasteiger partial charge on any atom is 0.356 e. The molecule has 0 aliphatic carbocycles. The molecular formula is C14H15NO4S. The highest BCUT2D eigenvalue weighted by Gasteiger charge is 2.21. The third-order valence-corrected chi connectivity index (χ3v) is 4.06. The van der Waals surface area contributed by atoms with E-state index in [0.717, 1.165) is 5.01 Å². The Balaban J connectivity index is 2.61. The van der Waals surface area contributed by atoms with Gasteiger partial charge in [-0.25, -0.2) is 9.78 Å². The summed E-state index contributed by atoms with van der Waals surface area (Å²) in [5, 5.41) is 10.1. The van der Waals surface area contributed by atoms with Crippen LogP contribution in [-0.2, 0) is 6.42 Å². The van der Waals surface area contributed by atoms with Crippen molar-refractivity contribution in [2.45, 2.75) is 13.3 Å². The van der Waals surface area contributed by atoms with Gasteiger partial charge in [0.15, 0.2) is 5.69 Å². The number of aryl methyl sites for hydroxylation is 1. The lowest BCUT2D eigenvalue weighted by molar-refractivity contribution is 0.0692. The summed E-state index contributed by atoms with van der Waals surface area (Å²) in [5.41, 5.74) is 0.776. The summed E-state index contributed by atoms with van der Waals surface area (Å²) >= 11 is 1.37. The van der Waals surface area contributed by atoms with Crippen LogP contribution in [0.15, 0.2) is 18.2 Å². The lowest BCUT2D eigenvalue weighted by Gasteiger charge is -2.09. The molecule has 0 saturated heterocycles. The molecule has 0 fully saturated rings. The number of ether oxygens (including phenoxy) is 2. The summed E-state index contributed by atoms with van der Waals surface area (Å²) in [6.45, 7) is 1.94. The van der Waals surface area contributed by atoms with E-state index in [4.69, 9.17) is 9.47 Å². The van der Waals surface area contributed by atoms with Crippen molar-refractivity contribution in [3.05, 3.63) is 28.9 Å². The minimum Gasteiger partial charge on any atom is -0.497 e. The smallest absolute Gasteiger partial charge is 0.356 e. The molecule has 1 aromatic carbocycles. The molecule has 1 heterocycles. The summed E-state index contributed by atoms with van der Waals surface area (Å²) in [4.78, 5) is 16.1. The van der Waals surface area contributed by atoms with Crippen LogP contribution in [-0.4, -0.2) is 30.3 Å². The minimum atomic E-state index is -1.03. The van der Waals surface area contributed by atoms with Crippen molar-refractivity contribution >= 4 is 17.3 Å². The fourth-order valence-corrected chi connectivity index (χ4v) is 2.85. The van der Waals surface area contributed by atoms with Gasteiger partial charge >= 0.3 is 5.97 Å². The minimum absolute atomic E-state index is 0.0651. The van der Waals surface area contributed by atoms with Gasteiger partial charge in [0, 0.05) is 11.6 Å². The zero-order valence-corrected chi connectivity index (χ0v) is 12.3. The molecule has 6 heteroatoms. The number of hydrogen-bond donors (Lipinski definition) is 1. The second kappa shape index (κ2) is 5.92. The first-order valence-electron chi connectivity index (χ1n) is 6.06. The van der Waals surface area contributed by atoms with Crippen molar-refractivity contribution in [3.63, 3.8) is 0 Å². The van der Waals surface area contributed by atoms with Crippen molar-refractivity contribution in [3.8, 4) is 21.9 Å². The highest BCUT2D eigenvalue weighted by Crippen LogP contribution is 2.38. The highest BCUT2D eigenvalue weighted by atomic mass is 32.1. The molecule has 0 unspecified atom stereocenters. The Morgan fingerprint density at radius 2 is 2.10 bits per heavy atom. The van der Waals surface area contributed by atoms with E-state index in [-0.39, 0.29) is 5.69 Å². The number of aromatic nitrogens is 1. The number of carboxylic acids is 1. The largest absolute Gasteiger partial charge is 0.497 e. The van der Waals surface area contributed by atoms with E-state index in [1.807, 2.05) is 6.92 Å². The van der Waals surface area contributed by atoms with Crippen molar-refractivity contribution in [2.75, 3.05) is 14.2 Å². The van der Waals surface area contributed by atoms with Crippen molar-refractivity contribution < 1.29 is 19.4 Å². The van der Waals surface area contributed by atoms with Crippen molar-refractivity contribution in [1.29, 1.82) is 0 Å². The third-order valence-electron chi connectivity index (χ3n) is 2.83. The number of carboxylic acid groups (broad SMARTS) is 1. The van der Waals surface area contributed by atoms with Crippen molar-refractivity contribution in [2.24, 2.45) is 0 Å². The lowest BCUT2D eigenvalue weighted by Crippen LogP contribution is -2.00. The van der Waals surface area contributed by atoms with Gasteiger partial charge in [-0.2, -0.15) is 0 Å². The van der Waals surface area contributed by atoms with Crippen LogP contribution in [0.1, 0.15) is 22.4 Å². The number of thiazole rings is 1. The van der Waals surface area contributed by atoms with E-state index in [0.29, 0.717) is 28.4 Å². The standard InChI is InChI=1S/C14H15NO4S/c1-4-11-15-12(14(16)17)13(20-11)9-6-5-8(18-2)7-10(9)19-3/h5-7H,4H2,1-3H3,(H,16,17). The summed E-state index contributed by atoms with van der Waals surface area (Å²) in [6, 6.07) is 5.29. The molecule has 0 radical (unpaired) electrons. The zero-order valence-electron chi connectivity index (χ0n) is 11.5. The zero-order chi connectivity index (χ0) is 14.7. The molecule has 1 N–H and O–H groups in total. The highest BCUT2D eigenvalue weighted by molar-refractivity contribution is 7.15. The number of benzene rings is 1. The maximum atomic E-state index is 11.3. The van der Waals surface area contributed by atoms with Gasteiger partial charge in [-0.1, -0.05) is 6.92 Å². The Hall–Kier alpha value is -2.08. The lowest BCUT2D eigenvalue weighted by atomic mass is 10.1. The SMILES string of the molecule is CCc1nc(C(=O)O)c(-c2ccc(OC)cc2OC)s1. The van der Waals surface area contributed by atoms with Gasteiger partial charge in [-0.05, 0) is 18.6 Å². The molecule has 0 spiro atoms. The van der Waals surface area contributed by atoms with Gasteiger partial charge in [-0.3, -0.25) is 0 Å². The Bertz CT molecular complexity index is 636. The first-order chi connectivity index (χ1) is 9.60. The summed E-state index contributed by atoms with van der Waals surface area (Å²) in [5.74, 6) is 0.190. The molecular weight excluding hydrogens is 278 g/mol. The van der Waals surface area contributed by atoms with Crippen LogP contribution in [0, 0.1) is 0 Å². The van der Waals surface area contributed by atoms with Gasteiger partial charge in [0.25, 0.3) is 0 Å². The van der Waals surface area contributed by atoms with Crippen LogP contribution in [0.4, 0.5) is 0 Å². The Morgan fingerprint density at radius 1 is 1.35 bits per heavy atom. The van der Waals surface area contributed by atoms with Crippen LogP contribution in [0.2, 0.25) is 0 Å². The van der Waals surface area contributed by atoms with E-state index >= 15 is 0 Å². The van der Waals surface area contributed by atoms with Gasteiger partial charge < -0.3 is 14.6 Å². The summed E-state index contributed by atoms with van der Waals surface area (Å²) in [7, 11) is 3.11. The molecule has 106 valence electrons. The fraction of sp³-hybridized carbons (Fsp3) is 0.286. The predicted octanol–water partition coefficient (Wildman–Crippen LogP) is 3.09. The van der Waals surface area contributed by atoms with Crippen LogP contribution in [0.5, 0.6) is 11.5 Å². The van der Waals surface area contributed by atoms with E-state index in [1.54, 1.807) is 32.4 Å². The van der Waals surface area contributed by atoms with Gasteiger partial charge in [0.2, 0.25) is 0 Å². The molecule has 5 nitrogen and oxygen atoms in total. The number of carbonyl (C=O) groups is 1. The molecule has 1 aromatic heterocycles. The first-order valence-corrected chi connectivity index (χ1v) is 6.87. The second-order valence-electron chi connectivity index (χ2n) is 4.01. The predicted molar refractivity (Wildman–Crippen MR) is 77.0 cm³/mol. The van der Waals surface area contributed by atoms with E-state index in [1.165, 1.54) is 11.3 Å². The second-order valence-corrected chi connectivity index (χ2v) is 5.09. The van der Waals surface area contributed by atoms with Crippen LogP contribution < -0.4 is 9.47 Å². The Morgan fingerprint density at radius 3 is 2.65 bits per heavy atom. The van der Waals surface area contributed by atoms with Crippen LogP contribution in [0.3, 0.4) is 0 Å². The number of methoxy groups -OCH3 is 2. The quantitative estimate of drug-likeness (QED) is 0.917. The van der Waals surface area contributed by atoms with Crippen molar-refractivity contribution in [1.82, 2.24) is 4.98 Å². The topological polar surface area (TPSA) is 68.7 Å². The fourth-order valence-electron chi connectivity index (χ4n) is 1.83. The summed E-state index contributed by atoms with van der Waals surface area (Å²) < 4.78 is 10.5. The molecule has 0 amide bonds. The number of hydrogen-bond acceptors (Lipinski definition) is 5. The maximum absolute atomic E-state index is 11.3. The molecule has 2 rings (SSSR count). The molecule has 0 aliphatic heterocycles. The number of nitrogens with zero attached hydrogens (tertiary/aromatic N) is 1. The number of aromatic carboxylic acids is 1. The van der Waals surface area contributed by atoms with E-state index in [9.17, 15) is 9.90 Å². The van der Waals surface area contributed by atoms with E-state index in [2.05, 4.69) is 4.98 Å².